The Balaban J connectivity index is 4.38. The summed E-state index contributed by atoms with van der Waals surface area (Å²) in [5.74, 6) is -0.926. The second-order valence-electron chi connectivity index (χ2n) is 20.9. The lowest BCUT2D eigenvalue weighted by atomic mass is 10.0. The highest BCUT2D eigenvalue weighted by Gasteiger charge is 2.19. The number of hydrogen-bond donors (Lipinski definition) is 0. The zero-order valence-electron chi connectivity index (χ0n) is 50.2. The van der Waals surface area contributed by atoms with Gasteiger partial charge in [0.05, 0.1) is 0 Å². The van der Waals surface area contributed by atoms with Crippen LogP contribution in [-0.4, -0.2) is 37.2 Å². The van der Waals surface area contributed by atoms with Gasteiger partial charge in [0.25, 0.3) is 0 Å². The zero-order valence-corrected chi connectivity index (χ0v) is 50.2. The third-order valence-corrected chi connectivity index (χ3v) is 13.4. The van der Waals surface area contributed by atoms with Crippen LogP contribution in [-0.2, 0) is 28.6 Å². The molecule has 0 aromatic rings. The number of carbonyl (C=O) groups is 3. The Morgan fingerprint density at radius 2 is 0.532 bits per heavy atom. The molecule has 0 radical (unpaired) electrons. The maximum Gasteiger partial charge on any atom is 0.306 e. The quantitative estimate of drug-likeness (QED) is 0.0261. The number of unbranched alkanes of at least 4 members (excludes halogenated alkanes) is 26. The summed E-state index contributed by atoms with van der Waals surface area (Å²) >= 11 is 0. The fourth-order valence-electron chi connectivity index (χ4n) is 8.67. The normalized spacial score (nSPS) is 12.9. The van der Waals surface area contributed by atoms with E-state index in [9.17, 15) is 14.4 Å². The molecule has 0 rings (SSSR count). The Morgan fingerprint density at radius 3 is 0.844 bits per heavy atom. The Morgan fingerprint density at radius 1 is 0.273 bits per heavy atom. The van der Waals surface area contributed by atoms with Gasteiger partial charge in [0.2, 0.25) is 0 Å². The van der Waals surface area contributed by atoms with E-state index >= 15 is 0 Å². The number of rotatable bonds is 57. The number of carbonyl (C=O) groups excluding carboxylic acids is 3. The van der Waals surface area contributed by atoms with Gasteiger partial charge in [-0.2, -0.15) is 0 Å². The van der Waals surface area contributed by atoms with Gasteiger partial charge >= 0.3 is 17.9 Å². The van der Waals surface area contributed by atoms with E-state index in [1.54, 1.807) is 0 Å². The van der Waals surface area contributed by atoms with Crippen molar-refractivity contribution in [1.82, 2.24) is 0 Å². The van der Waals surface area contributed by atoms with Gasteiger partial charge in [0, 0.05) is 19.3 Å². The molecule has 0 saturated heterocycles. The molecule has 0 aromatic heterocycles. The van der Waals surface area contributed by atoms with Crippen molar-refractivity contribution in [3.8, 4) is 0 Å². The summed E-state index contributed by atoms with van der Waals surface area (Å²) in [7, 11) is 0. The molecule has 6 heteroatoms. The molecule has 1 atom stereocenters. The molecular formula is C71H118O6. The van der Waals surface area contributed by atoms with Gasteiger partial charge in [0.15, 0.2) is 6.10 Å². The van der Waals surface area contributed by atoms with Crippen LogP contribution >= 0.6 is 0 Å². The number of allylic oxidation sites excluding steroid dienone is 20. The zero-order chi connectivity index (χ0) is 55.7. The van der Waals surface area contributed by atoms with Gasteiger partial charge in [-0.1, -0.05) is 284 Å². The summed E-state index contributed by atoms with van der Waals surface area (Å²) in [5.41, 5.74) is 0. The summed E-state index contributed by atoms with van der Waals surface area (Å²) in [6.45, 7) is 6.45. The predicted octanol–water partition coefficient (Wildman–Crippen LogP) is 22.0. The third kappa shape index (κ3) is 62.5. The van der Waals surface area contributed by atoms with Gasteiger partial charge < -0.3 is 14.2 Å². The van der Waals surface area contributed by atoms with E-state index in [-0.39, 0.29) is 31.1 Å². The van der Waals surface area contributed by atoms with Gasteiger partial charge in [0.1, 0.15) is 13.2 Å². The first-order valence-corrected chi connectivity index (χ1v) is 32.0. The standard InChI is InChI=1S/C71H118O6/c1-4-7-10-13-16-19-22-25-27-29-30-31-32-33-34-35-36-37-38-39-40-42-43-46-49-52-55-58-61-64-70(73)76-67-68(66-75-69(72)63-60-57-54-51-48-45-24-21-18-15-12-9-6-3)77-71(74)65-62-59-56-53-50-47-44-41-28-26-23-20-17-14-11-8-5-2/h7,10,12,15-16,19,21,24-25,27,30-31,33-34,36-37,39-40,43,46,68H,4-6,8-9,11,13-14,17-18,20,22-23,26,28-29,32,35,38,41-42,44-45,47-67H2,1-3H3/b10-7-,15-12-,19-16-,24-21-,27-25-,31-30-,34-33-,37-36-,40-39-,46-43-. The molecule has 1 unspecified atom stereocenters. The molecule has 0 amide bonds. The average Bonchev–Trinajstić information content (AvgIpc) is 3.43. The Labute approximate surface area is 475 Å². The second-order valence-corrected chi connectivity index (χ2v) is 20.9. The Kier molecular flexibility index (Phi) is 60.8. The molecule has 0 aromatic carbocycles. The topological polar surface area (TPSA) is 78.9 Å². The fraction of sp³-hybridized carbons (Fsp3) is 0.676. The van der Waals surface area contributed by atoms with Crippen molar-refractivity contribution in [3.63, 3.8) is 0 Å². The Hall–Kier alpha value is -4.19. The van der Waals surface area contributed by atoms with Crippen LogP contribution in [0.3, 0.4) is 0 Å². The summed E-state index contributed by atoms with van der Waals surface area (Å²) < 4.78 is 16.9. The van der Waals surface area contributed by atoms with Gasteiger partial charge in [-0.05, 0) is 109 Å². The molecule has 438 valence electrons. The molecule has 0 spiro atoms. The highest BCUT2D eigenvalue weighted by molar-refractivity contribution is 5.71. The molecule has 0 aliphatic heterocycles. The molecule has 0 saturated carbocycles. The third-order valence-electron chi connectivity index (χ3n) is 13.4. The lowest BCUT2D eigenvalue weighted by Gasteiger charge is -2.18. The summed E-state index contributed by atoms with van der Waals surface area (Å²) in [6, 6.07) is 0. The maximum atomic E-state index is 12.9. The first-order valence-electron chi connectivity index (χ1n) is 32.0. The molecule has 0 bridgehead atoms. The van der Waals surface area contributed by atoms with Gasteiger partial charge in [-0.3, -0.25) is 14.4 Å². The van der Waals surface area contributed by atoms with E-state index < -0.39 is 6.10 Å². The van der Waals surface area contributed by atoms with Crippen LogP contribution in [0.1, 0.15) is 290 Å². The van der Waals surface area contributed by atoms with Crippen molar-refractivity contribution < 1.29 is 28.6 Å². The van der Waals surface area contributed by atoms with Crippen LogP contribution in [0.4, 0.5) is 0 Å². The molecule has 0 aliphatic rings. The molecular weight excluding hydrogens is 949 g/mol. The summed E-state index contributed by atoms with van der Waals surface area (Å²) in [6.07, 6.45) is 89.2. The van der Waals surface area contributed by atoms with Gasteiger partial charge in [-0.25, -0.2) is 0 Å². The Bertz CT molecular complexity index is 1600. The minimum Gasteiger partial charge on any atom is -0.462 e. The van der Waals surface area contributed by atoms with Crippen molar-refractivity contribution in [2.24, 2.45) is 0 Å². The van der Waals surface area contributed by atoms with Crippen LogP contribution in [0.2, 0.25) is 0 Å². The fourth-order valence-corrected chi connectivity index (χ4v) is 8.67. The first kappa shape index (κ1) is 72.8. The van der Waals surface area contributed by atoms with Gasteiger partial charge in [-0.15, -0.1) is 0 Å². The molecule has 0 heterocycles. The van der Waals surface area contributed by atoms with Crippen LogP contribution in [0, 0.1) is 0 Å². The summed E-state index contributed by atoms with van der Waals surface area (Å²) in [4.78, 5) is 38.3. The molecule has 0 fully saturated rings. The number of hydrogen-bond acceptors (Lipinski definition) is 6. The first-order chi connectivity index (χ1) is 38.0. The van der Waals surface area contributed by atoms with Crippen LogP contribution < -0.4 is 0 Å². The molecule has 77 heavy (non-hydrogen) atoms. The lowest BCUT2D eigenvalue weighted by Crippen LogP contribution is -2.30. The maximum absolute atomic E-state index is 12.9. The predicted molar refractivity (Wildman–Crippen MR) is 334 cm³/mol. The largest absolute Gasteiger partial charge is 0.462 e. The van der Waals surface area contributed by atoms with Crippen LogP contribution in [0.25, 0.3) is 0 Å². The minimum atomic E-state index is -0.797. The second kappa shape index (κ2) is 64.3. The van der Waals surface area contributed by atoms with Crippen LogP contribution in [0.15, 0.2) is 122 Å². The number of esters is 3. The van der Waals surface area contributed by atoms with E-state index in [4.69, 9.17) is 14.2 Å². The minimum absolute atomic E-state index is 0.0936. The van der Waals surface area contributed by atoms with Crippen molar-refractivity contribution in [1.29, 1.82) is 0 Å². The van der Waals surface area contributed by atoms with Crippen molar-refractivity contribution in [2.75, 3.05) is 13.2 Å². The van der Waals surface area contributed by atoms with E-state index in [0.717, 1.165) is 154 Å². The smallest absolute Gasteiger partial charge is 0.306 e. The SMILES string of the molecule is CC/C=C\C/C=C\C/C=C\C/C=C\C/C=C\C/C=C\C/C=C\C/C=C\CCCCCCC(=O)OCC(COC(=O)CCCCCCC/C=C\C/C=C\CCC)OC(=O)CCCCCCCCCCCCCCCCCCC. The average molecular weight is 1070 g/mol. The molecule has 0 N–H and O–H groups in total. The van der Waals surface area contributed by atoms with Crippen LogP contribution in [0.5, 0.6) is 0 Å². The van der Waals surface area contributed by atoms with E-state index in [1.807, 2.05) is 0 Å². The van der Waals surface area contributed by atoms with Crippen molar-refractivity contribution in [3.05, 3.63) is 122 Å². The van der Waals surface area contributed by atoms with E-state index in [0.29, 0.717) is 19.3 Å². The summed E-state index contributed by atoms with van der Waals surface area (Å²) in [5, 5.41) is 0. The number of ether oxygens (including phenoxy) is 3. The molecule has 0 aliphatic carbocycles. The highest BCUT2D eigenvalue weighted by Crippen LogP contribution is 2.16. The van der Waals surface area contributed by atoms with E-state index in [1.165, 1.54) is 96.3 Å². The lowest BCUT2D eigenvalue weighted by molar-refractivity contribution is -0.167. The van der Waals surface area contributed by atoms with Crippen molar-refractivity contribution >= 4 is 17.9 Å². The monoisotopic (exact) mass is 1070 g/mol. The highest BCUT2D eigenvalue weighted by atomic mass is 16.6. The molecule has 6 nitrogen and oxygen atoms in total. The van der Waals surface area contributed by atoms with E-state index in [2.05, 4.69) is 142 Å². The van der Waals surface area contributed by atoms with Crippen molar-refractivity contribution in [2.45, 2.75) is 297 Å².